The van der Waals surface area contributed by atoms with E-state index >= 15 is 0 Å². The molecule has 0 amide bonds. The molecule has 8 heavy (non-hydrogen) atoms. The van der Waals surface area contributed by atoms with Gasteiger partial charge in [-0.1, -0.05) is 18.5 Å². The van der Waals surface area contributed by atoms with Crippen LogP contribution >= 0.6 is 11.6 Å². The lowest BCUT2D eigenvalue weighted by Crippen LogP contribution is -1.83. The van der Waals surface area contributed by atoms with Gasteiger partial charge in [-0.2, -0.15) is 5.10 Å². The second-order valence-electron chi connectivity index (χ2n) is 1.51. The van der Waals surface area contributed by atoms with E-state index in [1.54, 1.807) is 6.21 Å². The molecule has 0 aromatic rings. The Bertz CT molecular complexity index is 149. The molecule has 43 valence electrons. The molecule has 1 aliphatic heterocycles. The van der Waals surface area contributed by atoms with E-state index in [-0.39, 0.29) is 0 Å². The first-order valence-corrected chi connectivity index (χ1v) is 2.85. The SMILES string of the molecule is CCC1=C(Cl)[N]N=C1. The Labute approximate surface area is 53.2 Å². The third kappa shape index (κ3) is 0.842. The van der Waals surface area contributed by atoms with E-state index < -0.39 is 0 Å². The van der Waals surface area contributed by atoms with Crippen LogP contribution in [0.2, 0.25) is 0 Å². The van der Waals surface area contributed by atoms with Gasteiger partial charge in [0.05, 0.1) is 6.21 Å². The molecular formula is C5H6ClN2. The molecular weight excluding hydrogens is 124 g/mol. The van der Waals surface area contributed by atoms with Gasteiger partial charge in [0.1, 0.15) is 0 Å². The predicted octanol–water partition coefficient (Wildman–Crippen LogP) is 1.45. The number of hydrogen-bond donors (Lipinski definition) is 0. The predicted molar refractivity (Wildman–Crippen MR) is 33.8 cm³/mol. The summed E-state index contributed by atoms with van der Waals surface area (Å²) >= 11 is 5.57. The van der Waals surface area contributed by atoms with Crippen LogP contribution < -0.4 is 5.43 Å². The highest BCUT2D eigenvalue weighted by Gasteiger charge is 2.05. The van der Waals surface area contributed by atoms with Crippen molar-refractivity contribution >= 4 is 17.8 Å². The quantitative estimate of drug-likeness (QED) is 0.479. The normalized spacial score (nSPS) is 17.2. The fourth-order valence-corrected chi connectivity index (χ4v) is 0.730. The van der Waals surface area contributed by atoms with Crippen LogP contribution in [-0.2, 0) is 0 Å². The number of hydrogen-bond acceptors (Lipinski definition) is 1. The molecule has 1 rings (SSSR count). The van der Waals surface area contributed by atoms with Gasteiger partial charge < -0.3 is 0 Å². The summed E-state index contributed by atoms with van der Waals surface area (Å²) in [6.07, 6.45) is 2.59. The van der Waals surface area contributed by atoms with Crippen molar-refractivity contribution in [3.63, 3.8) is 0 Å². The van der Waals surface area contributed by atoms with E-state index in [1.807, 2.05) is 6.92 Å². The Kier molecular flexibility index (Phi) is 1.53. The van der Waals surface area contributed by atoms with E-state index in [1.165, 1.54) is 0 Å². The molecule has 0 saturated heterocycles. The van der Waals surface area contributed by atoms with Crippen molar-refractivity contribution in [1.82, 2.24) is 5.43 Å². The first kappa shape index (κ1) is 5.63. The molecule has 0 atom stereocenters. The Morgan fingerprint density at radius 3 is 2.75 bits per heavy atom. The van der Waals surface area contributed by atoms with Crippen LogP contribution in [-0.4, -0.2) is 6.21 Å². The van der Waals surface area contributed by atoms with Gasteiger partial charge in [0.2, 0.25) is 0 Å². The highest BCUT2D eigenvalue weighted by Crippen LogP contribution is 2.13. The Hall–Kier alpha value is -0.500. The average molecular weight is 130 g/mol. The van der Waals surface area contributed by atoms with Crippen LogP contribution in [0.4, 0.5) is 0 Å². The van der Waals surface area contributed by atoms with Crippen molar-refractivity contribution in [3.8, 4) is 0 Å². The number of allylic oxidation sites excluding steroid dienone is 1. The molecule has 2 nitrogen and oxygen atoms in total. The van der Waals surface area contributed by atoms with Gasteiger partial charge in [-0.3, -0.25) is 0 Å². The van der Waals surface area contributed by atoms with Crippen LogP contribution in [0, 0.1) is 0 Å². The summed E-state index contributed by atoms with van der Waals surface area (Å²) in [4.78, 5) is 0. The second kappa shape index (κ2) is 2.18. The third-order valence-electron chi connectivity index (χ3n) is 1.00. The summed E-state index contributed by atoms with van der Waals surface area (Å²) in [6.45, 7) is 2.02. The zero-order valence-corrected chi connectivity index (χ0v) is 5.31. The lowest BCUT2D eigenvalue weighted by Gasteiger charge is -1.87. The van der Waals surface area contributed by atoms with E-state index in [0.717, 1.165) is 12.0 Å². The highest BCUT2D eigenvalue weighted by atomic mass is 35.5. The standard InChI is InChI=1S/C5H6ClN2/c1-2-4-3-7-8-5(4)6/h3H,2H2,1H3. The second-order valence-corrected chi connectivity index (χ2v) is 1.87. The van der Waals surface area contributed by atoms with E-state index in [2.05, 4.69) is 10.5 Å². The summed E-state index contributed by atoms with van der Waals surface area (Å²) in [6, 6.07) is 0. The maximum atomic E-state index is 5.57. The highest BCUT2D eigenvalue weighted by molar-refractivity contribution is 6.31. The van der Waals surface area contributed by atoms with Gasteiger partial charge in [-0.05, 0) is 6.42 Å². The lowest BCUT2D eigenvalue weighted by atomic mass is 10.2. The summed E-state index contributed by atoms with van der Waals surface area (Å²) in [5.74, 6) is 0. The summed E-state index contributed by atoms with van der Waals surface area (Å²) < 4.78 is 0. The molecule has 1 aliphatic rings. The van der Waals surface area contributed by atoms with Crippen molar-refractivity contribution in [2.75, 3.05) is 0 Å². The molecule has 0 bridgehead atoms. The molecule has 1 radical (unpaired) electrons. The maximum absolute atomic E-state index is 5.57. The fourth-order valence-electron chi connectivity index (χ4n) is 0.504. The molecule has 0 unspecified atom stereocenters. The Morgan fingerprint density at radius 1 is 1.75 bits per heavy atom. The molecule has 0 spiro atoms. The summed E-state index contributed by atoms with van der Waals surface area (Å²) in [5, 5.41) is 4.15. The average Bonchev–Trinajstić information content (AvgIpc) is 2.14. The minimum absolute atomic E-state index is 0.535. The number of rotatable bonds is 1. The van der Waals surface area contributed by atoms with E-state index in [4.69, 9.17) is 11.6 Å². The van der Waals surface area contributed by atoms with Gasteiger partial charge in [0.25, 0.3) is 0 Å². The van der Waals surface area contributed by atoms with Crippen molar-refractivity contribution in [1.29, 1.82) is 0 Å². The fraction of sp³-hybridized carbons (Fsp3) is 0.400. The van der Waals surface area contributed by atoms with E-state index in [9.17, 15) is 0 Å². The van der Waals surface area contributed by atoms with Gasteiger partial charge in [0, 0.05) is 5.57 Å². The molecule has 1 heterocycles. The topological polar surface area (TPSA) is 26.5 Å². The minimum Gasteiger partial charge on any atom is -0.157 e. The van der Waals surface area contributed by atoms with Gasteiger partial charge >= 0.3 is 0 Å². The molecule has 0 aromatic carbocycles. The largest absolute Gasteiger partial charge is 0.157 e. The Balaban J connectivity index is 2.70. The molecule has 0 aliphatic carbocycles. The molecule has 0 aromatic heterocycles. The lowest BCUT2D eigenvalue weighted by molar-refractivity contribution is 0.946. The van der Waals surface area contributed by atoms with Crippen LogP contribution in [0.15, 0.2) is 15.8 Å². The monoisotopic (exact) mass is 129 g/mol. The zero-order chi connectivity index (χ0) is 5.98. The molecule has 3 heteroatoms. The van der Waals surface area contributed by atoms with Crippen molar-refractivity contribution in [2.24, 2.45) is 5.10 Å². The smallest absolute Gasteiger partial charge is 0.156 e. The molecule has 0 fully saturated rings. The summed E-state index contributed by atoms with van der Waals surface area (Å²) in [5.41, 5.74) is 4.62. The maximum Gasteiger partial charge on any atom is 0.156 e. The van der Waals surface area contributed by atoms with Crippen LogP contribution in [0.5, 0.6) is 0 Å². The molecule has 0 saturated carbocycles. The van der Waals surface area contributed by atoms with Gasteiger partial charge in [-0.25, -0.2) is 0 Å². The van der Waals surface area contributed by atoms with Crippen molar-refractivity contribution in [3.05, 3.63) is 10.7 Å². The minimum atomic E-state index is 0.535. The van der Waals surface area contributed by atoms with Crippen LogP contribution in [0.1, 0.15) is 13.3 Å². The first-order chi connectivity index (χ1) is 3.84. The zero-order valence-electron chi connectivity index (χ0n) is 4.56. The van der Waals surface area contributed by atoms with Crippen LogP contribution in [0.25, 0.3) is 0 Å². The number of nitrogens with zero attached hydrogens (tertiary/aromatic N) is 2. The van der Waals surface area contributed by atoms with Crippen molar-refractivity contribution < 1.29 is 0 Å². The summed E-state index contributed by atoms with van der Waals surface area (Å²) in [7, 11) is 0. The van der Waals surface area contributed by atoms with Crippen LogP contribution in [0.3, 0.4) is 0 Å². The van der Waals surface area contributed by atoms with E-state index in [0.29, 0.717) is 5.16 Å². The molecule has 0 N–H and O–H groups in total. The van der Waals surface area contributed by atoms with Crippen molar-refractivity contribution in [2.45, 2.75) is 13.3 Å². The first-order valence-electron chi connectivity index (χ1n) is 2.47. The third-order valence-corrected chi connectivity index (χ3v) is 1.32. The number of halogens is 1. The van der Waals surface area contributed by atoms with Gasteiger partial charge in [-0.15, -0.1) is 5.43 Å². The Morgan fingerprint density at radius 2 is 2.50 bits per heavy atom. The van der Waals surface area contributed by atoms with Gasteiger partial charge in [0.15, 0.2) is 5.16 Å².